The first-order valence-corrected chi connectivity index (χ1v) is 7.69. The first-order chi connectivity index (χ1) is 11.7. The zero-order valence-corrected chi connectivity index (χ0v) is 14.8. The van der Waals surface area contributed by atoms with Crippen LogP contribution in [-0.2, 0) is 19.1 Å². The highest BCUT2D eigenvalue weighted by molar-refractivity contribution is 5.93. The zero-order valence-electron chi connectivity index (χ0n) is 14.8. The lowest BCUT2D eigenvalue weighted by molar-refractivity contribution is -0.139. The maximum absolute atomic E-state index is 12.1. The van der Waals surface area contributed by atoms with E-state index in [4.69, 9.17) is 9.47 Å². The van der Waals surface area contributed by atoms with Crippen LogP contribution in [0.2, 0.25) is 0 Å². The minimum atomic E-state index is -0.705. The van der Waals surface area contributed by atoms with Gasteiger partial charge in [0.1, 0.15) is 13.2 Å². The topological polar surface area (TPSA) is 114 Å². The van der Waals surface area contributed by atoms with Crippen LogP contribution in [0.3, 0.4) is 0 Å². The smallest absolute Gasteiger partial charge is 0.333 e. The van der Waals surface area contributed by atoms with E-state index in [9.17, 15) is 19.2 Å². The van der Waals surface area contributed by atoms with Crippen LogP contribution in [0.5, 0.6) is 0 Å². The quantitative estimate of drug-likeness (QED) is 0.362. The van der Waals surface area contributed by atoms with Crippen LogP contribution in [0.4, 0.5) is 9.59 Å². The second kappa shape index (κ2) is 11.7. The maximum atomic E-state index is 12.1. The third kappa shape index (κ3) is 9.14. The van der Waals surface area contributed by atoms with Gasteiger partial charge in [-0.15, -0.1) is 0 Å². The summed E-state index contributed by atoms with van der Waals surface area (Å²) in [5.74, 6) is -1.18. The van der Waals surface area contributed by atoms with E-state index >= 15 is 0 Å². The fourth-order valence-electron chi connectivity index (χ4n) is 1.42. The van der Waals surface area contributed by atoms with Gasteiger partial charge in [-0.3, -0.25) is 0 Å². The average molecular weight is 355 g/mol. The number of nitrogens with one attached hydrogen (secondary N) is 2. The maximum Gasteiger partial charge on any atom is 0.333 e. The highest BCUT2D eigenvalue weighted by Gasteiger charge is 2.21. The Labute approximate surface area is 147 Å². The zero-order chi connectivity index (χ0) is 19.4. The summed E-state index contributed by atoms with van der Waals surface area (Å²) in [7, 11) is 0. The second-order valence-electron chi connectivity index (χ2n) is 5.05. The Kier molecular flexibility index (Phi) is 10.3. The predicted octanol–water partition coefficient (Wildman–Crippen LogP) is 0.966. The van der Waals surface area contributed by atoms with E-state index in [1.165, 1.54) is 13.8 Å². The van der Waals surface area contributed by atoms with Gasteiger partial charge in [-0.25, -0.2) is 24.1 Å². The molecule has 0 aromatic heterocycles. The Morgan fingerprint density at radius 2 is 1.36 bits per heavy atom. The highest BCUT2D eigenvalue weighted by atomic mass is 16.5. The number of hydrogen-bond donors (Lipinski definition) is 2. The third-order valence-corrected chi connectivity index (χ3v) is 2.67. The molecule has 25 heavy (non-hydrogen) atoms. The standard InChI is InChI=1S/C16H25N3O6/c1-6-17-15(22)19(8-10-25-14(21)12(4)5)16(23)18-7-9-24-13(20)11(2)3/h2,4,6-10H2,1,3,5H3,(H,17,22)(H,18,23). The summed E-state index contributed by atoms with van der Waals surface area (Å²) in [5.41, 5.74) is 0.461. The molecule has 2 N–H and O–H groups in total. The molecule has 0 fully saturated rings. The highest BCUT2D eigenvalue weighted by Crippen LogP contribution is 1.96. The van der Waals surface area contributed by atoms with Crippen LogP contribution in [0.1, 0.15) is 20.8 Å². The van der Waals surface area contributed by atoms with E-state index in [2.05, 4.69) is 23.8 Å². The SMILES string of the molecule is C=C(C)C(=O)OCCNC(=O)N(CCOC(=O)C(=C)C)C(=O)NCC. The van der Waals surface area contributed by atoms with Crippen molar-refractivity contribution in [2.24, 2.45) is 0 Å². The molecule has 0 aromatic carbocycles. The van der Waals surface area contributed by atoms with E-state index in [0.29, 0.717) is 6.54 Å². The van der Waals surface area contributed by atoms with Gasteiger partial charge in [0, 0.05) is 17.7 Å². The molecule has 0 unspecified atom stereocenters. The van der Waals surface area contributed by atoms with Gasteiger partial charge >= 0.3 is 24.0 Å². The number of nitrogens with zero attached hydrogens (tertiary/aromatic N) is 1. The Bertz CT molecular complexity index is 544. The molecule has 0 rings (SSSR count). The van der Waals surface area contributed by atoms with Crippen LogP contribution >= 0.6 is 0 Å². The molecule has 0 atom stereocenters. The lowest BCUT2D eigenvalue weighted by Crippen LogP contribution is -2.50. The van der Waals surface area contributed by atoms with Crippen LogP contribution in [0.15, 0.2) is 24.3 Å². The van der Waals surface area contributed by atoms with Crippen molar-refractivity contribution in [3.63, 3.8) is 0 Å². The van der Waals surface area contributed by atoms with Crippen molar-refractivity contribution in [2.75, 3.05) is 32.8 Å². The number of esters is 2. The monoisotopic (exact) mass is 355 g/mol. The summed E-state index contributed by atoms with van der Waals surface area (Å²) in [6, 6.07) is -1.34. The molecule has 9 heteroatoms. The summed E-state index contributed by atoms with van der Waals surface area (Å²) < 4.78 is 9.71. The van der Waals surface area contributed by atoms with Crippen molar-refractivity contribution in [1.82, 2.24) is 15.5 Å². The van der Waals surface area contributed by atoms with E-state index in [1.807, 2.05) is 0 Å². The Morgan fingerprint density at radius 3 is 1.84 bits per heavy atom. The van der Waals surface area contributed by atoms with Crippen molar-refractivity contribution < 1.29 is 28.7 Å². The molecule has 0 radical (unpaired) electrons. The molecule has 0 aliphatic carbocycles. The number of imide groups is 1. The number of hydrogen-bond acceptors (Lipinski definition) is 6. The molecule has 0 aliphatic heterocycles. The Morgan fingerprint density at radius 1 is 0.880 bits per heavy atom. The number of carbonyl (C=O) groups is 4. The number of carbonyl (C=O) groups excluding carboxylic acids is 4. The van der Waals surface area contributed by atoms with Crippen LogP contribution in [-0.4, -0.2) is 61.7 Å². The van der Waals surface area contributed by atoms with Gasteiger partial charge in [0.2, 0.25) is 0 Å². The second-order valence-corrected chi connectivity index (χ2v) is 5.05. The van der Waals surface area contributed by atoms with Gasteiger partial charge in [0.05, 0.1) is 13.1 Å². The molecule has 0 saturated heterocycles. The third-order valence-electron chi connectivity index (χ3n) is 2.67. The molecule has 0 aromatic rings. The molecule has 0 aliphatic rings. The normalized spacial score (nSPS) is 9.56. The molecule has 0 bridgehead atoms. The summed E-state index contributed by atoms with van der Waals surface area (Å²) in [5, 5.41) is 4.92. The number of ether oxygens (including phenoxy) is 2. The molecular weight excluding hydrogens is 330 g/mol. The summed E-state index contributed by atoms with van der Waals surface area (Å²) in [6.45, 7) is 11.5. The molecule has 140 valence electrons. The van der Waals surface area contributed by atoms with Crippen molar-refractivity contribution >= 4 is 24.0 Å². The molecular formula is C16H25N3O6. The van der Waals surface area contributed by atoms with Gasteiger partial charge in [-0.2, -0.15) is 0 Å². The average Bonchev–Trinajstić information content (AvgIpc) is 2.54. The van der Waals surface area contributed by atoms with Crippen molar-refractivity contribution in [1.29, 1.82) is 0 Å². The van der Waals surface area contributed by atoms with Crippen LogP contribution in [0.25, 0.3) is 0 Å². The number of rotatable bonds is 9. The van der Waals surface area contributed by atoms with Gasteiger partial charge in [0.15, 0.2) is 0 Å². The van der Waals surface area contributed by atoms with Gasteiger partial charge in [-0.1, -0.05) is 13.2 Å². The minimum absolute atomic E-state index is 0.0132. The molecule has 0 heterocycles. The van der Waals surface area contributed by atoms with E-state index < -0.39 is 24.0 Å². The first kappa shape index (κ1) is 22.2. The van der Waals surface area contributed by atoms with Crippen LogP contribution in [0, 0.1) is 0 Å². The summed E-state index contributed by atoms with van der Waals surface area (Å²) in [6.07, 6.45) is 0. The Balaban J connectivity index is 4.49. The molecule has 0 spiro atoms. The Hall–Kier alpha value is -2.84. The number of urea groups is 2. The van der Waals surface area contributed by atoms with Crippen LogP contribution < -0.4 is 10.6 Å². The van der Waals surface area contributed by atoms with E-state index in [1.54, 1.807) is 6.92 Å². The lowest BCUT2D eigenvalue weighted by atomic mass is 10.4. The van der Waals surface area contributed by atoms with E-state index in [-0.39, 0.29) is 37.4 Å². The van der Waals surface area contributed by atoms with Gasteiger partial charge in [-0.05, 0) is 20.8 Å². The molecule has 0 saturated carbocycles. The fourth-order valence-corrected chi connectivity index (χ4v) is 1.42. The van der Waals surface area contributed by atoms with Crippen molar-refractivity contribution in [2.45, 2.75) is 20.8 Å². The summed E-state index contributed by atoms with van der Waals surface area (Å²) in [4.78, 5) is 47.4. The first-order valence-electron chi connectivity index (χ1n) is 7.69. The minimum Gasteiger partial charge on any atom is -0.460 e. The van der Waals surface area contributed by atoms with Gasteiger partial charge < -0.3 is 20.1 Å². The largest absolute Gasteiger partial charge is 0.460 e. The summed E-state index contributed by atoms with van der Waals surface area (Å²) >= 11 is 0. The molecule has 4 amide bonds. The van der Waals surface area contributed by atoms with Crippen molar-refractivity contribution in [3.8, 4) is 0 Å². The number of amides is 4. The van der Waals surface area contributed by atoms with Crippen molar-refractivity contribution in [3.05, 3.63) is 24.3 Å². The predicted molar refractivity (Wildman–Crippen MR) is 90.7 cm³/mol. The van der Waals surface area contributed by atoms with Gasteiger partial charge in [0.25, 0.3) is 0 Å². The lowest BCUT2D eigenvalue weighted by Gasteiger charge is -2.21. The molecule has 9 nitrogen and oxygen atoms in total. The fraction of sp³-hybridized carbons (Fsp3) is 0.500. The van der Waals surface area contributed by atoms with E-state index in [0.717, 1.165) is 4.90 Å².